The van der Waals surface area contributed by atoms with Crippen LogP contribution in [-0.4, -0.2) is 54.5 Å². The van der Waals surface area contributed by atoms with Crippen LogP contribution in [-0.2, 0) is 4.79 Å². The van der Waals surface area contributed by atoms with E-state index in [9.17, 15) is 22.8 Å². The number of carbonyl (C=O) groups is 2. The molecule has 1 fully saturated rings. The molecule has 1 aromatic carbocycles. The van der Waals surface area contributed by atoms with Crippen LogP contribution in [0.1, 0.15) is 34.5 Å². The lowest BCUT2D eigenvalue weighted by Crippen LogP contribution is -2.36. The predicted molar refractivity (Wildman–Crippen MR) is 94.5 cm³/mol. The average Bonchev–Trinajstić information content (AvgIpc) is 3.16. The molecule has 0 saturated carbocycles. The van der Waals surface area contributed by atoms with Crippen molar-refractivity contribution in [1.82, 2.24) is 9.80 Å². The molecule has 8 heteroatoms. The molecule has 1 unspecified atom stereocenters. The second-order valence-electron chi connectivity index (χ2n) is 6.57. The van der Waals surface area contributed by atoms with Crippen molar-refractivity contribution in [3.8, 4) is 0 Å². The number of fused-ring (bicyclic) bond motifs is 1. The zero-order chi connectivity index (χ0) is 19.1. The fraction of sp³-hybridized carbons (Fsp3) is 0.444. The first-order valence-electron chi connectivity index (χ1n) is 8.26. The third-order valence-electron chi connectivity index (χ3n) is 4.63. The number of rotatable bonds is 3. The van der Waals surface area contributed by atoms with Gasteiger partial charge in [-0.3, -0.25) is 9.59 Å². The maximum absolute atomic E-state index is 12.7. The zero-order valence-electron chi connectivity index (χ0n) is 14.5. The zero-order valence-corrected chi connectivity index (χ0v) is 15.3. The predicted octanol–water partition coefficient (Wildman–Crippen LogP) is 3.87. The van der Waals surface area contributed by atoms with E-state index in [1.807, 2.05) is 24.3 Å². The van der Waals surface area contributed by atoms with Crippen LogP contribution in [0, 0.1) is 0 Å². The minimum absolute atomic E-state index is 0.0332. The maximum atomic E-state index is 12.7. The number of benzene rings is 1. The Bertz CT molecular complexity index is 847. The SMILES string of the molecule is CC(=O)N1CCC(c2c(C(=O)N(C)CC(F)(F)F)sc3ccccc23)C1. The summed E-state index contributed by atoms with van der Waals surface area (Å²) in [5.74, 6) is -0.706. The van der Waals surface area contributed by atoms with Gasteiger partial charge in [0.1, 0.15) is 6.54 Å². The lowest BCUT2D eigenvalue weighted by molar-refractivity contribution is -0.138. The number of hydrogen-bond donors (Lipinski definition) is 0. The first kappa shape index (κ1) is 18.7. The van der Waals surface area contributed by atoms with Gasteiger partial charge < -0.3 is 9.80 Å². The van der Waals surface area contributed by atoms with Gasteiger partial charge in [-0.15, -0.1) is 11.3 Å². The summed E-state index contributed by atoms with van der Waals surface area (Å²) in [7, 11) is 1.17. The van der Waals surface area contributed by atoms with Crippen LogP contribution in [0.15, 0.2) is 24.3 Å². The summed E-state index contributed by atoms with van der Waals surface area (Å²) in [6.45, 7) is 1.29. The van der Waals surface area contributed by atoms with Crippen molar-refractivity contribution >= 4 is 33.2 Å². The highest BCUT2D eigenvalue weighted by atomic mass is 32.1. The molecule has 0 N–H and O–H groups in total. The van der Waals surface area contributed by atoms with Crippen molar-refractivity contribution in [3.05, 3.63) is 34.7 Å². The molecule has 1 saturated heterocycles. The molecule has 0 bridgehead atoms. The molecular formula is C18H19F3N2O2S. The van der Waals surface area contributed by atoms with E-state index in [0.717, 1.165) is 15.6 Å². The summed E-state index contributed by atoms with van der Waals surface area (Å²) < 4.78 is 38.9. The van der Waals surface area contributed by atoms with Crippen LogP contribution in [0.25, 0.3) is 10.1 Å². The van der Waals surface area contributed by atoms with Crippen LogP contribution < -0.4 is 0 Å². The maximum Gasteiger partial charge on any atom is 0.406 e. The van der Waals surface area contributed by atoms with Crippen LogP contribution in [0.2, 0.25) is 0 Å². The van der Waals surface area contributed by atoms with Gasteiger partial charge in [0.2, 0.25) is 5.91 Å². The molecule has 0 spiro atoms. The minimum Gasteiger partial charge on any atom is -0.342 e. The van der Waals surface area contributed by atoms with E-state index < -0.39 is 18.6 Å². The molecule has 2 heterocycles. The van der Waals surface area contributed by atoms with Crippen molar-refractivity contribution in [2.24, 2.45) is 0 Å². The van der Waals surface area contributed by atoms with Crippen molar-refractivity contribution in [3.63, 3.8) is 0 Å². The normalized spacial score (nSPS) is 17.7. The molecule has 1 aliphatic rings. The molecule has 4 nitrogen and oxygen atoms in total. The fourth-order valence-electron chi connectivity index (χ4n) is 3.43. The third kappa shape index (κ3) is 3.70. The molecule has 2 amide bonds. The van der Waals surface area contributed by atoms with Crippen molar-refractivity contribution in [2.75, 3.05) is 26.7 Å². The number of thiophene rings is 1. The summed E-state index contributed by atoms with van der Waals surface area (Å²) in [6, 6.07) is 7.44. The highest BCUT2D eigenvalue weighted by molar-refractivity contribution is 7.21. The van der Waals surface area contributed by atoms with Crippen molar-refractivity contribution in [1.29, 1.82) is 0 Å². The first-order valence-corrected chi connectivity index (χ1v) is 9.08. The summed E-state index contributed by atoms with van der Waals surface area (Å²) in [4.78, 5) is 27.1. The van der Waals surface area contributed by atoms with Crippen molar-refractivity contribution in [2.45, 2.75) is 25.4 Å². The monoisotopic (exact) mass is 384 g/mol. The van der Waals surface area contributed by atoms with Crippen LogP contribution >= 0.6 is 11.3 Å². The van der Waals surface area contributed by atoms with Gasteiger partial charge in [0, 0.05) is 37.7 Å². The van der Waals surface area contributed by atoms with Gasteiger partial charge in [-0.2, -0.15) is 13.2 Å². The smallest absolute Gasteiger partial charge is 0.342 e. The van der Waals surface area contributed by atoms with Crippen LogP contribution in [0.3, 0.4) is 0 Å². The number of halogens is 3. The number of amides is 2. The number of carbonyl (C=O) groups excluding carboxylic acids is 2. The average molecular weight is 384 g/mol. The molecule has 0 radical (unpaired) electrons. The Labute approximate surface area is 153 Å². The Kier molecular flexibility index (Phi) is 4.96. The molecular weight excluding hydrogens is 365 g/mol. The number of likely N-dealkylation sites (tertiary alicyclic amines) is 1. The lowest BCUT2D eigenvalue weighted by atomic mass is 9.95. The summed E-state index contributed by atoms with van der Waals surface area (Å²) in [5, 5.41) is 0.886. The highest BCUT2D eigenvalue weighted by Gasteiger charge is 2.35. The van der Waals surface area contributed by atoms with Gasteiger partial charge in [0.05, 0.1) is 4.88 Å². The minimum atomic E-state index is -4.44. The van der Waals surface area contributed by atoms with Gasteiger partial charge in [-0.05, 0) is 23.4 Å². The molecule has 0 aliphatic carbocycles. The Morgan fingerprint density at radius 3 is 2.62 bits per heavy atom. The van der Waals surface area contributed by atoms with E-state index in [1.54, 1.807) is 4.90 Å². The molecule has 1 atom stereocenters. The number of hydrogen-bond acceptors (Lipinski definition) is 3. The van der Waals surface area contributed by atoms with E-state index in [2.05, 4.69) is 0 Å². The van der Waals surface area contributed by atoms with E-state index in [0.29, 0.717) is 29.3 Å². The lowest BCUT2D eigenvalue weighted by Gasteiger charge is -2.20. The first-order chi connectivity index (χ1) is 12.2. The second kappa shape index (κ2) is 6.90. The largest absolute Gasteiger partial charge is 0.406 e. The Morgan fingerprint density at radius 1 is 1.31 bits per heavy atom. The number of alkyl halides is 3. The Hall–Kier alpha value is -2.09. The number of nitrogens with zero attached hydrogens (tertiary/aromatic N) is 2. The topological polar surface area (TPSA) is 40.6 Å². The van der Waals surface area contributed by atoms with E-state index >= 15 is 0 Å². The summed E-state index contributed by atoms with van der Waals surface area (Å²) in [5.41, 5.74) is 0.772. The molecule has 3 rings (SSSR count). The van der Waals surface area contributed by atoms with E-state index in [1.165, 1.54) is 25.3 Å². The van der Waals surface area contributed by atoms with Gasteiger partial charge in [0.15, 0.2) is 0 Å². The van der Waals surface area contributed by atoms with Gasteiger partial charge in [-0.25, -0.2) is 0 Å². The standard InChI is InChI=1S/C18H19F3N2O2S/c1-11(24)23-8-7-12(9-23)15-13-5-3-4-6-14(13)26-16(15)17(25)22(2)10-18(19,20)21/h3-6,12H,7-10H2,1-2H3. The van der Waals surface area contributed by atoms with Gasteiger partial charge >= 0.3 is 6.18 Å². The molecule has 2 aromatic rings. The summed E-state index contributed by atoms with van der Waals surface area (Å²) >= 11 is 1.22. The Balaban J connectivity index is 2.00. The van der Waals surface area contributed by atoms with Crippen molar-refractivity contribution < 1.29 is 22.8 Å². The molecule has 26 heavy (non-hydrogen) atoms. The molecule has 140 valence electrons. The second-order valence-corrected chi connectivity index (χ2v) is 7.62. The van der Waals surface area contributed by atoms with Gasteiger partial charge in [-0.1, -0.05) is 18.2 Å². The molecule has 1 aromatic heterocycles. The third-order valence-corrected chi connectivity index (χ3v) is 5.81. The Morgan fingerprint density at radius 2 is 2.00 bits per heavy atom. The molecule has 1 aliphatic heterocycles. The fourth-order valence-corrected chi connectivity index (χ4v) is 4.71. The van der Waals surface area contributed by atoms with Crippen LogP contribution in [0.4, 0.5) is 13.2 Å². The van der Waals surface area contributed by atoms with E-state index in [4.69, 9.17) is 0 Å². The quantitative estimate of drug-likeness (QED) is 0.806. The highest BCUT2D eigenvalue weighted by Crippen LogP contribution is 2.40. The van der Waals surface area contributed by atoms with Gasteiger partial charge in [0.25, 0.3) is 5.91 Å². The van der Waals surface area contributed by atoms with E-state index in [-0.39, 0.29) is 11.8 Å². The summed E-state index contributed by atoms with van der Waals surface area (Å²) in [6.07, 6.45) is -3.75. The van der Waals surface area contributed by atoms with Crippen LogP contribution in [0.5, 0.6) is 0 Å².